The number of benzene rings is 1. The summed E-state index contributed by atoms with van der Waals surface area (Å²) in [5, 5.41) is 2.97. The Morgan fingerprint density at radius 3 is 2.42 bits per heavy atom. The van der Waals surface area contributed by atoms with E-state index in [2.05, 4.69) is 22.0 Å². The van der Waals surface area contributed by atoms with Gasteiger partial charge < -0.3 is 24.8 Å². The van der Waals surface area contributed by atoms with Crippen molar-refractivity contribution < 1.29 is 19.1 Å². The number of ether oxygens (including phenoxy) is 1. The van der Waals surface area contributed by atoms with Crippen LogP contribution in [-0.4, -0.2) is 91.5 Å². The van der Waals surface area contributed by atoms with Gasteiger partial charge in [0, 0.05) is 44.0 Å². The molecule has 0 bridgehead atoms. The first-order valence-corrected chi connectivity index (χ1v) is 12.3. The maximum atomic E-state index is 13.4. The Kier molecular flexibility index (Phi) is 7.34. The lowest BCUT2D eigenvalue weighted by Gasteiger charge is -2.35. The van der Waals surface area contributed by atoms with E-state index >= 15 is 0 Å². The molecule has 3 heterocycles. The molecular formula is C25H36N4O4. The van der Waals surface area contributed by atoms with Gasteiger partial charge in [0.05, 0.1) is 6.10 Å². The second-order valence-corrected chi connectivity index (χ2v) is 9.39. The van der Waals surface area contributed by atoms with Crippen LogP contribution in [0.15, 0.2) is 24.3 Å². The zero-order valence-corrected chi connectivity index (χ0v) is 20.0. The number of rotatable bonds is 7. The predicted molar refractivity (Wildman–Crippen MR) is 126 cm³/mol. The molecule has 3 saturated heterocycles. The van der Waals surface area contributed by atoms with Crippen molar-refractivity contribution in [2.24, 2.45) is 5.92 Å². The molecule has 180 valence electrons. The first kappa shape index (κ1) is 23.7. The van der Waals surface area contributed by atoms with Crippen LogP contribution in [0.4, 0.5) is 5.69 Å². The molecule has 2 amide bonds. The predicted octanol–water partition coefficient (Wildman–Crippen LogP) is 1.54. The highest BCUT2D eigenvalue weighted by Crippen LogP contribution is 2.28. The average molecular weight is 457 g/mol. The number of hydrogen-bond acceptors (Lipinski definition) is 6. The number of Topliss-reactive ketones (excluding diaryl/α,β-unsaturated/α-hetero) is 1. The zero-order valence-electron chi connectivity index (χ0n) is 20.0. The second-order valence-electron chi connectivity index (χ2n) is 9.39. The van der Waals surface area contributed by atoms with Crippen molar-refractivity contribution >= 4 is 23.3 Å². The van der Waals surface area contributed by atoms with Crippen LogP contribution in [0, 0.1) is 5.92 Å². The maximum absolute atomic E-state index is 13.4. The first-order chi connectivity index (χ1) is 15.9. The molecule has 4 rings (SSSR count). The van der Waals surface area contributed by atoms with Crippen molar-refractivity contribution in [1.82, 2.24) is 15.1 Å². The lowest BCUT2D eigenvalue weighted by atomic mass is 9.96. The van der Waals surface area contributed by atoms with Gasteiger partial charge in [0.1, 0.15) is 18.7 Å². The van der Waals surface area contributed by atoms with E-state index < -0.39 is 12.1 Å². The summed E-state index contributed by atoms with van der Waals surface area (Å²) in [6.07, 6.45) is 1.20. The van der Waals surface area contributed by atoms with Gasteiger partial charge in [0.25, 0.3) is 5.91 Å². The van der Waals surface area contributed by atoms with Gasteiger partial charge in [0.2, 0.25) is 5.91 Å². The standard InChI is InChI=1S/C25H36N4O4/c1-4-17(3)22(25(32)29-11-10-21-23(29)20(30)16-33-21)26-24(31)18-6-8-19(9-7-18)28-14-12-27(5-2)13-15-28/h6-9,17,21-23H,4-5,10-16H2,1-3H3,(H,26,31)/t17-,21+,22-,23+/m0/s1. The Labute approximate surface area is 196 Å². The molecule has 0 radical (unpaired) electrons. The normalized spacial score (nSPS) is 25.1. The first-order valence-electron chi connectivity index (χ1n) is 12.3. The largest absolute Gasteiger partial charge is 0.369 e. The van der Waals surface area contributed by atoms with Crippen molar-refractivity contribution in [3.63, 3.8) is 0 Å². The number of ketones is 1. The van der Waals surface area contributed by atoms with Crippen molar-refractivity contribution in [1.29, 1.82) is 0 Å². The van der Waals surface area contributed by atoms with Crippen LogP contribution in [-0.2, 0) is 14.3 Å². The molecule has 3 aliphatic heterocycles. The van der Waals surface area contributed by atoms with E-state index in [9.17, 15) is 14.4 Å². The van der Waals surface area contributed by atoms with E-state index in [1.165, 1.54) is 0 Å². The molecular weight excluding hydrogens is 420 g/mol. The number of carbonyl (C=O) groups is 3. The van der Waals surface area contributed by atoms with Gasteiger partial charge in [-0.2, -0.15) is 0 Å². The molecule has 0 unspecified atom stereocenters. The summed E-state index contributed by atoms with van der Waals surface area (Å²) in [7, 11) is 0. The van der Waals surface area contributed by atoms with Gasteiger partial charge in [-0.25, -0.2) is 0 Å². The summed E-state index contributed by atoms with van der Waals surface area (Å²) in [5.74, 6) is -0.544. The van der Waals surface area contributed by atoms with Gasteiger partial charge in [-0.05, 0) is 43.1 Å². The minimum atomic E-state index is -0.670. The molecule has 3 fully saturated rings. The lowest BCUT2D eigenvalue weighted by molar-refractivity contribution is -0.139. The van der Waals surface area contributed by atoms with Crippen molar-refractivity contribution in [2.45, 2.75) is 51.8 Å². The number of amides is 2. The Bertz CT molecular complexity index is 866. The molecule has 0 aromatic heterocycles. The van der Waals surface area contributed by atoms with Gasteiger partial charge in [-0.1, -0.05) is 27.2 Å². The van der Waals surface area contributed by atoms with Crippen LogP contribution in [0.2, 0.25) is 0 Å². The van der Waals surface area contributed by atoms with Gasteiger partial charge in [0.15, 0.2) is 5.78 Å². The summed E-state index contributed by atoms with van der Waals surface area (Å²) < 4.78 is 5.52. The Morgan fingerprint density at radius 1 is 1.09 bits per heavy atom. The molecule has 33 heavy (non-hydrogen) atoms. The number of anilines is 1. The van der Waals surface area contributed by atoms with E-state index in [4.69, 9.17) is 4.74 Å². The second kappa shape index (κ2) is 10.2. The lowest BCUT2D eigenvalue weighted by Crippen LogP contribution is -2.54. The number of piperazine rings is 1. The number of fused-ring (bicyclic) bond motifs is 1. The Morgan fingerprint density at radius 2 is 1.79 bits per heavy atom. The number of hydrogen-bond donors (Lipinski definition) is 1. The number of carbonyl (C=O) groups excluding carboxylic acids is 3. The van der Waals surface area contributed by atoms with Crippen LogP contribution in [0.1, 0.15) is 44.0 Å². The van der Waals surface area contributed by atoms with Crippen LogP contribution in [0.3, 0.4) is 0 Å². The third-order valence-electron chi connectivity index (χ3n) is 7.47. The smallest absolute Gasteiger partial charge is 0.251 e. The molecule has 1 aromatic carbocycles. The molecule has 3 aliphatic rings. The number of nitrogens with one attached hydrogen (secondary N) is 1. The third-order valence-corrected chi connectivity index (χ3v) is 7.47. The van der Waals surface area contributed by atoms with E-state index in [0.717, 1.165) is 44.8 Å². The molecule has 8 nitrogen and oxygen atoms in total. The van der Waals surface area contributed by atoms with Crippen molar-refractivity contribution in [2.75, 3.05) is 50.8 Å². The molecule has 8 heteroatoms. The Balaban J connectivity index is 1.42. The minimum absolute atomic E-state index is 0.0459. The Hall–Kier alpha value is -2.45. The van der Waals surface area contributed by atoms with Crippen molar-refractivity contribution in [3.05, 3.63) is 29.8 Å². The molecule has 1 aromatic rings. The van der Waals surface area contributed by atoms with Crippen molar-refractivity contribution in [3.8, 4) is 0 Å². The van der Waals surface area contributed by atoms with E-state index in [-0.39, 0.29) is 36.2 Å². The molecule has 0 aliphatic carbocycles. The SMILES string of the molecule is CC[C@H](C)[C@H](NC(=O)c1ccc(N2CCN(CC)CC2)cc1)C(=O)N1CC[C@H]2OCC(=O)[C@H]21. The number of likely N-dealkylation sites (tertiary alicyclic amines) is 1. The van der Waals surface area contributed by atoms with E-state index in [0.29, 0.717) is 18.5 Å². The van der Waals surface area contributed by atoms with Gasteiger partial charge in [-0.3, -0.25) is 14.4 Å². The third kappa shape index (κ3) is 4.92. The maximum Gasteiger partial charge on any atom is 0.251 e. The van der Waals surface area contributed by atoms with Crippen LogP contribution in [0.5, 0.6) is 0 Å². The molecule has 0 saturated carbocycles. The average Bonchev–Trinajstić information content (AvgIpc) is 3.44. The molecule has 0 spiro atoms. The fraction of sp³-hybridized carbons (Fsp3) is 0.640. The summed E-state index contributed by atoms with van der Waals surface area (Å²) in [5.41, 5.74) is 1.64. The van der Waals surface area contributed by atoms with Gasteiger partial charge in [-0.15, -0.1) is 0 Å². The summed E-state index contributed by atoms with van der Waals surface area (Å²) >= 11 is 0. The summed E-state index contributed by atoms with van der Waals surface area (Å²) in [6, 6.07) is 6.45. The fourth-order valence-corrected chi connectivity index (χ4v) is 5.07. The van der Waals surface area contributed by atoms with Crippen LogP contribution >= 0.6 is 0 Å². The van der Waals surface area contributed by atoms with Crippen LogP contribution < -0.4 is 10.2 Å². The molecule has 4 atom stereocenters. The fourth-order valence-electron chi connectivity index (χ4n) is 5.07. The number of likely N-dealkylation sites (N-methyl/N-ethyl adjacent to an activating group) is 1. The quantitative estimate of drug-likeness (QED) is 0.670. The van der Waals surface area contributed by atoms with Gasteiger partial charge >= 0.3 is 0 Å². The monoisotopic (exact) mass is 456 g/mol. The number of nitrogens with zero attached hydrogens (tertiary/aromatic N) is 3. The summed E-state index contributed by atoms with van der Waals surface area (Å²) in [4.78, 5) is 45.1. The van der Waals surface area contributed by atoms with Crippen LogP contribution in [0.25, 0.3) is 0 Å². The topological polar surface area (TPSA) is 82.2 Å². The van der Waals surface area contributed by atoms with E-state index in [1.54, 1.807) is 4.90 Å². The summed E-state index contributed by atoms with van der Waals surface area (Å²) in [6.45, 7) is 11.8. The minimum Gasteiger partial charge on any atom is -0.369 e. The highest BCUT2D eigenvalue weighted by Gasteiger charge is 2.48. The highest BCUT2D eigenvalue weighted by molar-refractivity contribution is 5.99. The molecule has 1 N–H and O–H groups in total. The highest BCUT2D eigenvalue weighted by atomic mass is 16.5. The zero-order chi connectivity index (χ0) is 23.5. The van der Waals surface area contributed by atoms with E-state index in [1.807, 2.05) is 38.1 Å².